The molecule has 0 fully saturated rings. The monoisotopic (exact) mass is 175 g/mol. The van der Waals surface area contributed by atoms with E-state index in [-0.39, 0.29) is 5.92 Å². The molecule has 0 aliphatic carbocycles. The Morgan fingerprint density at radius 3 is 2.50 bits per heavy atom. The molecule has 3 heteroatoms. The molecule has 0 rings (SSSR count). The van der Waals surface area contributed by atoms with Crippen LogP contribution in [0.2, 0.25) is 0 Å². The normalized spacial score (nSPS) is 16.5. The summed E-state index contributed by atoms with van der Waals surface area (Å²) in [7, 11) is 0. The molecule has 3 nitrogen and oxygen atoms in total. The molecular formula is C9H21NO2. The zero-order valence-electron chi connectivity index (χ0n) is 8.34. The van der Waals surface area contributed by atoms with Gasteiger partial charge < -0.3 is 15.6 Å². The van der Waals surface area contributed by atoms with Crippen LogP contribution in [0.25, 0.3) is 0 Å². The van der Waals surface area contributed by atoms with Crippen LogP contribution in [0.1, 0.15) is 27.2 Å². The van der Waals surface area contributed by atoms with Crippen LogP contribution < -0.4 is 5.73 Å². The summed E-state index contributed by atoms with van der Waals surface area (Å²) in [6.07, 6.45) is 0.855. The SMILES string of the molecule is CC(C)C(C)(O)COCCCN. The average molecular weight is 175 g/mol. The van der Waals surface area contributed by atoms with Crippen molar-refractivity contribution in [2.75, 3.05) is 19.8 Å². The Hall–Kier alpha value is -0.120. The zero-order valence-corrected chi connectivity index (χ0v) is 8.34. The summed E-state index contributed by atoms with van der Waals surface area (Å²) < 4.78 is 5.27. The largest absolute Gasteiger partial charge is 0.388 e. The van der Waals surface area contributed by atoms with Crippen LogP contribution in [0.5, 0.6) is 0 Å². The first-order valence-corrected chi connectivity index (χ1v) is 4.51. The Morgan fingerprint density at radius 2 is 2.08 bits per heavy atom. The second-order valence-corrected chi connectivity index (χ2v) is 3.71. The Morgan fingerprint density at radius 1 is 1.50 bits per heavy atom. The maximum atomic E-state index is 9.73. The minimum Gasteiger partial charge on any atom is -0.388 e. The van der Waals surface area contributed by atoms with Gasteiger partial charge in [0.2, 0.25) is 0 Å². The first-order chi connectivity index (χ1) is 5.50. The predicted octanol–water partition coefficient (Wildman–Crippen LogP) is 0.759. The standard InChI is InChI=1S/C9H21NO2/c1-8(2)9(3,11)7-12-6-4-5-10/h8,11H,4-7,10H2,1-3H3. The number of hydrogen-bond donors (Lipinski definition) is 2. The van der Waals surface area contributed by atoms with Crippen LogP contribution in [-0.4, -0.2) is 30.5 Å². The van der Waals surface area contributed by atoms with Crippen molar-refractivity contribution in [1.82, 2.24) is 0 Å². The highest BCUT2D eigenvalue weighted by Gasteiger charge is 2.24. The summed E-state index contributed by atoms with van der Waals surface area (Å²) in [6, 6.07) is 0. The fourth-order valence-corrected chi connectivity index (χ4v) is 0.631. The molecule has 1 atom stereocenters. The van der Waals surface area contributed by atoms with Gasteiger partial charge >= 0.3 is 0 Å². The molecule has 0 saturated carbocycles. The fraction of sp³-hybridized carbons (Fsp3) is 1.00. The van der Waals surface area contributed by atoms with Gasteiger partial charge in [-0.2, -0.15) is 0 Å². The van der Waals surface area contributed by atoms with Gasteiger partial charge in [-0.1, -0.05) is 13.8 Å². The van der Waals surface area contributed by atoms with Crippen LogP contribution in [0.3, 0.4) is 0 Å². The third kappa shape index (κ3) is 4.70. The lowest BCUT2D eigenvalue weighted by molar-refractivity contribution is -0.0630. The highest BCUT2D eigenvalue weighted by molar-refractivity contribution is 4.75. The van der Waals surface area contributed by atoms with Gasteiger partial charge in [-0.05, 0) is 25.8 Å². The van der Waals surface area contributed by atoms with Gasteiger partial charge in [-0.3, -0.25) is 0 Å². The van der Waals surface area contributed by atoms with E-state index < -0.39 is 5.60 Å². The molecule has 1 unspecified atom stereocenters. The Kier molecular flexibility index (Phi) is 5.46. The summed E-state index contributed by atoms with van der Waals surface area (Å²) in [4.78, 5) is 0. The molecule has 0 aliphatic heterocycles. The van der Waals surface area contributed by atoms with E-state index in [4.69, 9.17) is 10.5 Å². The molecule has 74 valence electrons. The third-order valence-corrected chi connectivity index (χ3v) is 2.13. The Bertz CT molecular complexity index is 113. The molecule has 0 aromatic heterocycles. The van der Waals surface area contributed by atoms with E-state index in [1.165, 1.54) is 0 Å². The summed E-state index contributed by atoms with van der Waals surface area (Å²) in [5, 5.41) is 9.73. The molecular weight excluding hydrogens is 154 g/mol. The van der Waals surface area contributed by atoms with Crippen molar-refractivity contribution in [1.29, 1.82) is 0 Å². The molecule has 0 heterocycles. The number of ether oxygens (including phenoxy) is 1. The predicted molar refractivity (Wildman–Crippen MR) is 50.0 cm³/mol. The molecule has 3 N–H and O–H groups in total. The van der Waals surface area contributed by atoms with Crippen molar-refractivity contribution in [2.24, 2.45) is 11.7 Å². The summed E-state index contributed by atoms with van der Waals surface area (Å²) in [6.45, 7) is 7.42. The van der Waals surface area contributed by atoms with Gasteiger partial charge in [0.25, 0.3) is 0 Å². The number of rotatable bonds is 6. The number of hydrogen-bond acceptors (Lipinski definition) is 3. The van der Waals surface area contributed by atoms with Crippen LogP contribution in [0.4, 0.5) is 0 Å². The molecule has 0 saturated heterocycles. The maximum Gasteiger partial charge on any atom is 0.0874 e. The van der Waals surface area contributed by atoms with Crippen molar-refractivity contribution in [3.05, 3.63) is 0 Å². The van der Waals surface area contributed by atoms with Crippen LogP contribution in [-0.2, 0) is 4.74 Å². The summed E-state index contributed by atoms with van der Waals surface area (Å²) >= 11 is 0. The van der Waals surface area contributed by atoms with E-state index in [2.05, 4.69) is 0 Å². The summed E-state index contributed by atoms with van der Waals surface area (Å²) in [5.41, 5.74) is 4.58. The van der Waals surface area contributed by atoms with E-state index in [0.717, 1.165) is 6.42 Å². The molecule has 0 radical (unpaired) electrons. The molecule has 0 spiro atoms. The average Bonchev–Trinajstić information content (AvgIpc) is 1.98. The smallest absolute Gasteiger partial charge is 0.0874 e. The fourth-order valence-electron chi connectivity index (χ4n) is 0.631. The van der Waals surface area contributed by atoms with E-state index in [0.29, 0.717) is 19.8 Å². The van der Waals surface area contributed by atoms with Crippen LogP contribution in [0, 0.1) is 5.92 Å². The van der Waals surface area contributed by atoms with Gasteiger partial charge in [0.15, 0.2) is 0 Å². The minimum atomic E-state index is -0.714. The van der Waals surface area contributed by atoms with E-state index in [1.807, 2.05) is 13.8 Å². The Labute approximate surface area is 74.9 Å². The second-order valence-electron chi connectivity index (χ2n) is 3.71. The topological polar surface area (TPSA) is 55.5 Å². The Balaban J connectivity index is 3.47. The van der Waals surface area contributed by atoms with Crippen molar-refractivity contribution in [3.63, 3.8) is 0 Å². The molecule has 12 heavy (non-hydrogen) atoms. The lowest BCUT2D eigenvalue weighted by Crippen LogP contribution is -2.36. The zero-order chi connectivity index (χ0) is 9.61. The minimum absolute atomic E-state index is 0.218. The quantitative estimate of drug-likeness (QED) is 0.586. The molecule has 0 aliphatic rings. The highest BCUT2D eigenvalue weighted by Crippen LogP contribution is 2.15. The van der Waals surface area contributed by atoms with Gasteiger partial charge in [0, 0.05) is 6.61 Å². The van der Waals surface area contributed by atoms with Crippen molar-refractivity contribution >= 4 is 0 Å². The van der Waals surface area contributed by atoms with Crippen molar-refractivity contribution < 1.29 is 9.84 Å². The first kappa shape index (κ1) is 11.9. The lowest BCUT2D eigenvalue weighted by atomic mass is 9.94. The summed E-state index contributed by atoms with van der Waals surface area (Å²) in [5.74, 6) is 0.218. The van der Waals surface area contributed by atoms with Gasteiger partial charge in [0.1, 0.15) is 0 Å². The van der Waals surface area contributed by atoms with Gasteiger partial charge in [-0.15, -0.1) is 0 Å². The van der Waals surface area contributed by atoms with Crippen molar-refractivity contribution in [2.45, 2.75) is 32.8 Å². The number of nitrogens with two attached hydrogens (primary N) is 1. The van der Waals surface area contributed by atoms with Crippen LogP contribution in [0.15, 0.2) is 0 Å². The highest BCUT2D eigenvalue weighted by atomic mass is 16.5. The van der Waals surface area contributed by atoms with Crippen molar-refractivity contribution in [3.8, 4) is 0 Å². The molecule has 0 aromatic rings. The number of aliphatic hydroxyl groups is 1. The third-order valence-electron chi connectivity index (χ3n) is 2.13. The molecule has 0 bridgehead atoms. The van der Waals surface area contributed by atoms with E-state index >= 15 is 0 Å². The van der Waals surface area contributed by atoms with Gasteiger partial charge in [-0.25, -0.2) is 0 Å². The van der Waals surface area contributed by atoms with E-state index in [1.54, 1.807) is 6.92 Å². The molecule has 0 amide bonds. The van der Waals surface area contributed by atoms with E-state index in [9.17, 15) is 5.11 Å². The van der Waals surface area contributed by atoms with Crippen LogP contribution >= 0.6 is 0 Å². The second kappa shape index (κ2) is 5.51. The maximum absolute atomic E-state index is 9.73. The first-order valence-electron chi connectivity index (χ1n) is 4.51. The lowest BCUT2D eigenvalue weighted by Gasteiger charge is -2.27. The van der Waals surface area contributed by atoms with Gasteiger partial charge in [0.05, 0.1) is 12.2 Å². The molecule has 0 aromatic carbocycles.